The lowest BCUT2D eigenvalue weighted by atomic mass is 10.1. The lowest BCUT2D eigenvalue weighted by Gasteiger charge is -2.26. The van der Waals surface area contributed by atoms with Gasteiger partial charge in [0.1, 0.15) is 11.6 Å². The summed E-state index contributed by atoms with van der Waals surface area (Å²) in [6.07, 6.45) is 1.01. The van der Waals surface area contributed by atoms with Crippen LogP contribution in [0.4, 0.5) is 5.69 Å². The number of aliphatic imine (C=N–C) groups is 1. The van der Waals surface area contributed by atoms with Crippen molar-refractivity contribution in [2.75, 3.05) is 18.4 Å². The van der Waals surface area contributed by atoms with Crippen LogP contribution in [0.5, 0.6) is 5.75 Å². The van der Waals surface area contributed by atoms with Crippen LogP contribution in [0, 0.1) is 0 Å². The minimum absolute atomic E-state index is 0.240. The number of anilines is 1. The summed E-state index contributed by atoms with van der Waals surface area (Å²) < 4.78 is 5.86. The maximum absolute atomic E-state index is 12.8. The molecule has 0 saturated heterocycles. The van der Waals surface area contributed by atoms with E-state index in [1.165, 1.54) is 0 Å². The SMILES string of the molecule is CC(C)(Oc1ccc(Cl)cc1)C(=O)Nc1ccccc1C1=NCCCN1. The molecule has 3 rings (SSSR count). The molecule has 0 aromatic heterocycles. The van der Waals surface area contributed by atoms with Gasteiger partial charge in [0.25, 0.3) is 5.91 Å². The van der Waals surface area contributed by atoms with Crippen molar-refractivity contribution in [1.29, 1.82) is 0 Å². The van der Waals surface area contributed by atoms with Gasteiger partial charge in [-0.2, -0.15) is 0 Å². The van der Waals surface area contributed by atoms with E-state index in [1.807, 2.05) is 24.3 Å². The van der Waals surface area contributed by atoms with Crippen LogP contribution in [0.25, 0.3) is 0 Å². The number of benzene rings is 2. The Morgan fingerprint density at radius 1 is 1.19 bits per heavy atom. The van der Waals surface area contributed by atoms with Gasteiger partial charge in [0.05, 0.1) is 5.69 Å². The molecule has 0 fully saturated rings. The minimum Gasteiger partial charge on any atom is -0.478 e. The van der Waals surface area contributed by atoms with Crippen molar-refractivity contribution in [3.63, 3.8) is 0 Å². The van der Waals surface area contributed by atoms with E-state index in [1.54, 1.807) is 38.1 Å². The number of amidine groups is 1. The molecule has 0 unspecified atom stereocenters. The van der Waals surface area contributed by atoms with Gasteiger partial charge in [0, 0.05) is 23.7 Å². The van der Waals surface area contributed by atoms with E-state index in [2.05, 4.69) is 15.6 Å². The number of ether oxygens (including phenoxy) is 1. The van der Waals surface area contributed by atoms with Crippen LogP contribution in [0.15, 0.2) is 53.5 Å². The number of carbonyl (C=O) groups is 1. The summed E-state index contributed by atoms with van der Waals surface area (Å²) >= 11 is 5.89. The molecule has 26 heavy (non-hydrogen) atoms. The number of rotatable bonds is 5. The molecule has 6 heteroatoms. The van der Waals surface area contributed by atoms with Crippen molar-refractivity contribution in [3.8, 4) is 5.75 Å². The maximum Gasteiger partial charge on any atom is 0.267 e. The summed E-state index contributed by atoms with van der Waals surface area (Å²) in [6.45, 7) is 5.13. The molecule has 1 aliphatic heterocycles. The predicted molar refractivity (Wildman–Crippen MR) is 105 cm³/mol. The van der Waals surface area contributed by atoms with Crippen molar-refractivity contribution >= 4 is 29.0 Å². The van der Waals surface area contributed by atoms with Crippen LogP contribution in [0.2, 0.25) is 5.02 Å². The number of nitrogens with one attached hydrogen (secondary N) is 2. The zero-order valence-electron chi connectivity index (χ0n) is 14.9. The highest BCUT2D eigenvalue weighted by Gasteiger charge is 2.30. The van der Waals surface area contributed by atoms with Gasteiger partial charge in [-0.15, -0.1) is 0 Å². The minimum atomic E-state index is -1.05. The second-order valence-electron chi connectivity index (χ2n) is 6.58. The summed E-state index contributed by atoms with van der Waals surface area (Å²) in [6, 6.07) is 14.6. The summed E-state index contributed by atoms with van der Waals surface area (Å²) in [5.41, 5.74) is 0.532. The molecule has 0 aliphatic carbocycles. The number of halogens is 1. The molecule has 2 aromatic rings. The zero-order chi connectivity index (χ0) is 18.6. The smallest absolute Gasteiger partial charge is 0.267 e. The normalized spacial score (nSPS) is 14.2. The molecule has 2 N–H and O–H groups in total. The van der Waals surface area contributed by atoms with E-state index in [0.29, 0.717) is 16.5 Å². The molecule has 1 aliphatic rings. The highest BCUT2D eigenvalue weighted by Crippen LogP contribution is 2.23. The van der Waals surface area contributed by atoms with Gasteiger partial charge >= 0.3 is 0 Å². The lowest BCUT2D eigenvalue weighted by molar-refractivity contribution is -0.128. The summed E-state index contributed by atoms with van der Waals surface area (Å²) in [5.74, 6) is 1.15. The Balaban J connectivity index is 1.76. The Morgan fingerprint density at radius 3 is 2.62 bits per heavy atom. The Labute approximate surface area is 158 Å². The molecular formula is C20H22ClN3O2. The number of hydrogen-bond donors (Lipinski definition) is 2. The molecule has 2 aromatic carbocycles. The predicted octanol–water partition coefficient (Wildman–Crippen LogP) is 3.88. The van der Waals surface area contributed by atoms with Gasteiger partial charge in [0.2, 0.25) is 0 Å². The van der Waals surface area contributed by atoms with E-state index >= 15 is 0 Å². The third-order valence-corrected chi connectivity index (χ3v) is 4.31. The van der Waals surface area contributed by atoms with E-state index in [9.17, 15) is 4.79 Å². The van der Waals surface area contributed by atoms with Gasteiger partial charge in [-0.1, -0.05) is 23.7 Å². The zero-order valence-corrected chi connectivity index (χ0v) is 15.6. The molecule has 0 atom stereocenters. The number of amides is 1. The molecule has 1 amide bonds. The standard InChI is InChI=1S/C20H22ClN3O2/c1-20(2,26-15-10-8-14(21)9-11-15)19(25)24-17-7-4-3-6-16(17)18-22-12-5-13-23-18/h3-4,6-11H,5,12-13H2,1-2H3,(H,22,23)(H,24,25). The Kier molecular flexibility index (Phi) is 5.47. The molecule has 0 spiro atoms. The number of carbonyl (C=O) groups excluding carboxylic acids is 1. The first-order valence-corrected chi connectivity index (χ1v) is 8.97. The van der Waals surface area contributed by atoms with Gasteiger partial charge in [-0.05, 0) is 56.7 Å². The number of hydrogen-bond acceptors (Lipinski definition) is 4. The summed E-state index contributed by atoms with van der Waals surface area (Å²) in [5, 5.41) is 6.88. The van der Waals surface area contributed by atoms with E-state index in [0.717, 1.165) is 30.9 Å². The van der Waals surface area contributed by atoms with Crippen molar-refractivity contribution in [1.82, 2.24) is 5.32 Å². The second kappa shape index (κ2) is 7.79. The monoisotopic (exact) mass is 371 g/mol. The highest BCUT2D eigenvalue weighted by atomic mass is 35.5. The molecule has 0 saturated carbocycles. The van der Waals surface area contributed by atoms with E-state index in [-0.39, 0.29) is 5.91 Å². The fraction of sp³-hybridized carbons (Fsp3) is 0.300. The maximum atomic E-state index is 12.8. The van der Waals surface area contributed by atoms with Crippen molar-refractivity contribution in [3.05, 3.63) is 59.1 Å². The molecule has 0 radical (unpaired) electrons. The Morgan fingerprint density at radius 2 is 1.92 bits per heavy atom. The molecular weight excluding hydrogens is 350 g/mol. The summed E-state index contributed by atoms with van der Waals surface area (Å²) in [7, 11) is 0. The number of nitrogens with zero attached hydrogens (tertiary/aromatic N) is 1. The molecule has 136 valence electrons. The topological polar surface area (TPSA) is 62.7 Å². The lowest BCUT2D eigenvalue weighted by Crippen LogP contribution is -2.43. The van der Waals surface area contributed by atoms with Crippen LogP contribution < -0.4 is 15.4 Å². The van der Waals surface area contributed by atoms with Crippen LogP contribution in [-0.2, 0) is 4.79 Å². The quantitative estimate of drug-likeness (QED) is 0.838. The summed E-state index contributed by atoms with van der Waals surface area (Å²) in [4.78, 5) is 17.3. The van der Waals surface area contributed by atoms with Crippen molar-refractivity contribution < 1.29 is 9.53 Å². The third kappa shape index (κ3) is 4.35. The fourth-order valence-corrected chi connectivity index (χ4v) is 2.75. The van der Waals surface area contributed by atoms with Crippen LogP contribution >= 0.6 is 11.6 Å². The van der Waals surface area contributed by atoms with Gasteiger partial charge in [-0.3, -0.25) is 9.79 Å². The average molecular weight is 372 g/mol. The first-order valence-electron chi connectivity index (χ1n) is 8.59. The number of para-hydroxylation sites is 1. The molecule has 1 heterocycles. The van der Waals surface area contributed by atoms with Gasteiger partial charge < -0.3 is 15.4 Å². The van der Waals surface area contributed by atoms with Gasteiger partial charge in [0.15, 0.2) is 5.60 Å². The van der Waals surface area contributed by atoms with Crippen LogP contribution in [0.3, 0.4) is 0 Å². The fourth-order valence-electron chi connectivity index (χ4n) is 2.63. The third-order valence-electron chi connectivity index (χ3n) is 4.06. The van der Waals surface area contributed by atoms with Crippen LogP contribution in [0.1, 0.15) is 25.8 Å². The van der Waals surface area contributed by atoms with Crippen LogP contribution in [-0.4, -0.2) is 30.4 Å². The van der Waals surface area contributed by atoms with Crippen molar-refractivity contribution in [2.45, 2.75) is 25.9 Å². The molecule has 5 nitrogen and oxygen atoms in total. The van der Waals surface area contributed by atoms with Crippen molar-refractivity contribution in [2.24, 2.45) is 4.99 Å². The average Bonchev–Trinajstić information content (AvgIpc) is 2.64. The van der Waals surface area contributed by atoms with E-state index < -0.39 is 5.60 Å². The Hall–Kier alpha value is -2.53. The van der Waals surface area contributed by atoms with E-state index in [4.69, 9.17) is 16.3 Å². The largest absolute Gasteiger partial charge is 0.478 e. The first-order chi connectivity index (χ1) is 12.5. The molecule has 0 bridgehead atoms. The first kappa shape index (κ1) is 18.3. The Bertz CT molecular complexity index is 816. The van der Waals surface area contributed by atoms with Gasteiger partial charge in [-0.25, -0.2) is 0 Å². The second-order valence-corrected chi connectivity index (χ2v) is 7.01. The highest BCUT2D eigenvalue weighted by molar-refractivity contribution is 6.30.